The molecule has 1 aliphatic carbocycles. The number of benzene rings is 1. The van der Waals surface area contributed by atoms with Crippen LogP contribution in [0.4, 0.5) is 13.2 Å². The molecule has 1 atom stereocenters. The number of rotatable bonds is 3. The lowest BCUT2D eigenvalue weighted by atomic mass is 9.83. The molecule has 3 rings (SSSR count). The summed E-state index contributed by atoms with van der Waals surface area (Å²) < 4.78 is 45.9. The van der Waals surface area contributed by atoms with Gasteiger partial charge in [0.2, 0.25) is 0 Å². The van der Waals surface area contributed by atoms with Gasteiger partial charge >= 0.3 is 6.18 Å². The highest BCUT2D eigenvalue weighted by molar-refractivity contribution is 5.99. The van der Waals surface area contributed by atoms with Crippen molar-refractivity contribution in [2.45, 2.75) is 50.4 Å². The highest BCUT2D eigenvalue weighted by atomic mass is 19.4. The fourth-order valence-electron chi connectivity index (χ4n) is 3.55. The smallest absolute Gasteiger partial charge is 0.438 e. The summed E-state index contributed by atoms with van der Waals surface area (Å²) in [5.41, 5.74) is -3.10. The molecule has 5 nitrogen and oxygen atoms in total. The van der Waals surface area contributed by atoms with Crippen molar-refractivity contribution in [3.63, 3.8) is 0 Å². The first kappa shape index (κ1) is 18.7. The molecule has 1 aliphatic heterocycles. The van der Waals surface area contributed by atoms with Crippen molar-refractivity contribution in [2.75, 3.05) is 7.11 Å². The Morgan fingerprint density at radius 3 is 2.62 bits per heavy atom. The first-order valence-electron chi connectivity index (χ1n) is 8.61. The molecule has 1 heterocycles. The summed E-state index contributed by atoms with van der Waals surface area (Å²) in [6.45, 7) is 0. The Hall–Kier alpha value is -2.09. The molecule has 2 aliphatic rings. The molecule has 1 aromatic carbocycles. The molecule has 0 spiro atoms. The number of aliphatic hydroxyl groups is 1. The van der Waals surface area contributed by atoms with E-state index >= 15 is 0 Å². The maximum Gasteiger partial charge on any atom is 0.438 e. The van der Waals surface area contributed by atoms with E-state index in [-0.39, 0.29) is 22.2 Å². The van der Waals surface area contributed by atoms with E-state index in [1.807, 2.05) is 0 Å². The SMILES string of the molecule is COc1cccc(C(=O)N2N=C(C3CCCCC3)C[C@@]2(O)C(F)(F)F)c1. The fourth-order valence-corrected chi connectivity index (χ4v) is 3.55. The van der Waals surface area contributed by atoms with Gasteiger partial charge in [0, 0.05) is 17.7 Å². The molecule has 142 valence electrons. The minimum absolute atomic E-state index is 0.0272. The van der Waals surface area contributed by atoms with Crippen LogP contribution in [0, 0.1) is 5.92 Å². The Labute approximate surface area is 149 Å². The number of amides is 1. The molecule has 0 radical (unpaired) electrons. The van der Waals surface area contributed by atoms with Crippen molar-refractivity contribution in [2.24, 2.45) is 11.0 Å². The number of hydrogen-bond donors (Lipinski definition) is 1. The lowest BCUT2D eigenvalue weighted by Crippen LogP contribution is -2.56. The van der Waals surface area contributed by atoms with Crippen LogP contribution in [-0.2, 0) is 0 Å². The van der Waals surface area contributed by atoms with E-state index in [1.165, 1.54) is 25.3 Å². The number of methoxy groups -OCH3 is 1. The second-order valence-electron chi connectivity index (χ2n) is 6.77. The van der Waals surface area contributed by atoms with E-state index in [9.17, 15) is 23.1 Å². The zero-order valence-electron chi connectivity index (χ0n) is 14.4. The van der Waals surface area contributed by atoms with Gasteiger partial charge in [-0.25, -0.2) is 0 Å². The largest absolute Gasteiger partial charge is 0.497 e. The summed E-state index contributed by atoms with van der Waals surface area (Å²) in [6.07, 6.45) is -1.38. The Kier molecular flexibility index (Phi) is 4.96. The molecule has 1 aromatic rings. The molecule has 0 saturated heterocycles. The molecule has 0 bridgehead atoms. The monoisotopic (exact) mass is 370 g/mol. The molecule has 1 N–H and O–H groups in total. The van der Waals surface area contributed by atoms with Crippen molar-refractivity contribution in [3.05, 3.63) is 29.8 Å². The van der Waals surface area contributed by atoms with Crippen LogP contribution in [-0.4, -0.2) is 40.7 Å². The third kappa shape index (κ3) is 3.30. The number of hydrazone groups is 1. The Bertz CT molecular complexity index is 714. The molecule has 1 saturated carbocycles. The lowest BCUT2D eigenvalue weighted by molar-refractivity contribution is -0.297. The summed E-state index contributed by atoms with van der Waals surface area (Å²) in [5, 5.41) is 14.5. The summed E-state index contributed by atoms with van der Waals surface area (Å²) in [6, 6.07) is 5.77. The van der Waals surface area contributed by atoms with Crippen molar-refractivity contribution in [1.82, 2.24) is 5.01 Å². The van der Waals surface area contributed by atoms with Crippen LogP contribution in [0.15, 0.2) is 29.4 Å². The fraction of sp³-hybridized carbons (Fsp3) is 0.556. The molecule has 1 fully saturated rings. The number of nitrogens with zero attached hydrogens (tertiary/aromatic N) is 2. The molecular weight excluding hydrogens is 349 g/mol. The van der Waals surface area contributed by atoms with E-state index in [0.717, 1.165) is 32.1 Å². The Morgan fingerprint density at radius 2 is 2.00 bits per heavy atom. The van der Waals surface area contributed by atoms with Crippen molar-refractivity contribution >= 4 is 11.6 Å². The van der Waals surface area contributed by atoms with E-state index in [4.69, 9.17) is 4.74 Å². The van der Waals surface area contributed by atoms with Crippen LogP contribution in [0.1, 0.15) is 48.9 Å². The van der Waals surface area contributed by atoms with Gasteiger partial charge in [-0.15, -0.1) is 0 Å². The van der Waals surface area contributed by atoms with Gasteiger partial charge in [-0.2, -0.15) is 23.3 Å². The van der Waals surface area contributed by atoms with Gasteiger partial charge in [-0.05, 0) is 37.0 Å². The van der Waals surface area contributed by atoms with Crippen LogP contribution < -0.4 is 4.74 Å². The molecule has 26 heavy (non-hydrogen) atoms. The van der Waals surface area contributed by atoms with Gasteiger partial charge in [0.1, 0.15) is 5.75 Å². The van der Waals surface area contributed by atoms with Crippen LogP contribution >= 0.6 is 0 Å². The predicted octanol–water partition coefficient (Wildman–Crippen LogP) is 3.73. The first-order chi connectivity index (χ1) is 12.3. The first-order valence-corrected chi connectivity index (χ1v) is 8.61. The van der Waals surface area contributed by atoms with Crippen molar-refractivity contribution in [3.8, 4) is 5.75 Å². The molecule has 0 unspecified atom stereocenters. The van der Waals surface area contributed by atoms with Crippen molar-refractivity contribution < 1.29 is 27.8 Å². The number of alkyl halides is 3. The van der Waals surface area contributed by atoms with Gasteiger partial charge in [0.25, 0.3) is 11.6 Å². The summed E-state index contributed by atoms with van der Waals surface area (Å²) in [7, 11) is 1.39. The zero-order valence-corrected chi connectivity index (χ0v) is 14.4. The number of ether oxygens (including phenoxy) is 1. The predicted molar refractivity (Wildman–Crippen MR) is 88.8 cm³/mol. The Morgan fingerprint density at radius 1 is 1.31 bits per heavy atom. The average Bonchev–Trinajstić information content (AvgIpc) is 3.01. The molecule has 8 heteroatoms. The second-order valence-corrected chi connectivity index (χ2v) is 6.77. The quantitative estimate of drug-likeness (QED) is 0.882. The number of halogens is 3. The molecule has 1 amide bonds. The summed E-state index contributed by atoms with van der Waals surface area (Å²) in [5.74, 6) is -0.794. The lowest BCUT2D eigenvalue weighted by Gasteiger charge is -2.32. The maximum absolute atomic E-state index is 13.6. The van der Waals surface area contributed by atoms with Gasteiger partial charge in [0.05, 0.1) is 7.11 Å². The van der Waals surface area contributed by atoms with Gasteiger partial charge in [-0.1, -0.05) is 25.3 Å². The highest BCUT2D eigenvalue weighted by Gasteiger charge is 2.63. The van der Waals surface area contributed by atoms with Gasteiger partial charge < -0.3 is 9.84 Å². The molecular formula is C18H21F3N2O3. The van der Waals surface area contributed by atoms with Gasteiger partial charge in [-0.3, -0.25) is 4.79 Å². The third-order valence-electron chi connectivity index (χ3n) is 5.05. The van der Waals surface area contributed by atoms with E-state index in [1.54, 1.807) is 6.07 Å². The zero-order chi connectivity index (χ0) is 18.9. The molecule has 0 aromatic heterocycles. The van der Waals surface area contributed by atoms with E-state index in [0.29, 0.717) is 5.75 Å². The average molecular weight is 370 g/mol. The summed E-state index contributed by atoms with van der Waals surface area (Å²) in [4.78, 5) is 12.7. The normalized spacial score (nSPS) is 24.5. The minimum atomic E-state index is -5.01. The third-order valence-corrected chi connectivity index (χ3v) is 5.05. The summed E-state index contributed by atoms with van der Waals surface area (Å²) >= 11 is 0. The van der Waals surface area contributed by atoms with Crippen LogP contribution in [0.25, 0.3) is 0 Å². The van der Waals surface area contributed by atoms with E-state index < -0.39 is 24.2 Å². The number of hydrogen-bond acceptors (Lipinski definition) is 4. The Balaban J connectivity index is 1.96. The maximum atomic E-state index is 13.6. The van der Waals surface area contributed by atoms with Crippen molar-refractivity contribution in [1.29, 1.82) is 0 Å². The minimum Gasteiger partial charge on any atom is -0.497 e. The standard InChI is InChI=1S/C18H21F3N2O3/c1-26-14-9-5-8-13(10-14)16(24)23-17(25,18(19,20)21)11-15(22-23)12-6-3-2-4-7-12/h5,8-10,12,25H,2-4,6-7,11H2,1H3/t17-/m1/s1. The van der Waals surface area contributed by atoms with Gasteiger partial charge in [0.15, 0.2) is 0 Å². The second kappa shape index (κ2) is 6.90. The highest BCUT2D eigenvalue weighted by Crippen LogP contribution is 2.43. The van der Waals surface area contributed by atoms with Crippen LogP contribution in [0.3, 0.4) is 0 Å². The topological polar surface area (TPSA) is 62.1 Å². The van der Waals surface area contributed by atoms with Crippen LogP contribution in [0.2, 0.25) is 0 Å². The van der Waals surface area contributed by atoms with E-state index in [2.05, 4.69) is 5.10 Å². The number of carbonyl (C=O) groups excluding carboxylic acids is 1. The number of carbonyl (C=O) groups is 1. The van der Waals surface area contributed by atoms with Crippen LogP contribution in [0.5, 0.6) is 5.75 Å².